The maximum Gasteiger partial charge on any atom is 0.227 e. The highest BCUT2D eigenvalue weighted by atomic mass is 35.5. The fourth-order valence-corrected chi connectivity index (χ4v) is 5.73. The molecule has 1 aliphatic carbocycles. The lowest BCUT2D eigenvalue weighted by Gasteiger charge is -2.44. The molecule has 7 nitrogen and oxygen atoms in total. The number of carbonyl (C=O) groups excluding carboxylic acids is 1. The number of likely N-dealkylation sites (N-methyl/N-ethyl adjacent to an activating group) is 1. The number of hydrogen-bond acceptors (Lipinski definition) is 5. The summed E-state index contributed by atoms with van der Waals surface area (Å²) < 4.78 is 23.3. The van der Waals surface area contributed by atoms with Crippen LogP contribution < -0.4 is 10.3 Å². The van der Waals surface area contributed by atoms with Crippen LogP contribution in [0.5, 0.6) is 0 Å². The summed E-state index contributed by atoms with van der Waals surface area (Å²) in [6, 6.07) is 11.2. The fourth-order valence-electron chi connectivity index (χ4n) is 5.11. The second kappa shape index (κ2) is 10.4. The molecule has 0 saturated carbocycles. The van der Waals surface area contributed by atoms with Crippen molar-refractivity contribution in [2.45, 2.75) is 44.2 Å². The zero-order chi connectivity index (χ0) is 24.5. The topological polar surface area (TPSA) is 81.8 Å². The number of likely N-dealkylation sites (tertiary alicyclic amines) is 1. The summed E-state index contributed by atoms with van der Waals surface area (Å²) in [4.78, 5) is 20.2. The number of hydrogen-bond donors (Lipinski definition) is 2. The molecule has 0 bridgehead atoms. The molecule has 0 radical (unpaired) electrons. The van der Waals surface area contributed by atoms with Crippen molar-refractivity contribution >= 4 is 44.8 Å². The van der Waals surface area contributed by atoms with Gasteiger partial charge >= 0.3 is 0 Å². The van der Waals surface area contributed by atoms with Crippen molar-refractivity contribution in [3.8, 4) is 0 Å². The van der Waals surface area contributed by atoms with Crippen LogP contribution in [-0.4, -0.2) is 56.6 Å². The van der Waals surface area contributed by atoms with E-state index in [9.17, 15) is 13.2 Å². The Morgan fingerprint density at radius 2 is 1.88 bits per heavy atom. The summed E-state index contributed by atoms with van der Waals surface area (Å²) in [5.41, 5.74) is 6.47. The van der Waals surface area contributed by atoms with Crippen LogP contribution >= 0.6 is 23.2 Å². The van der Waals surface area contributed by atoms with Gasteiger partial charge in [-0.15, -0.1) is 4.83 Å². The highest BCUT2D eigenvalue weighted by Gasteiger charge is 2.39. The summed E-state index contributed by atoms with van der Waals surface area (Å²) in [6.07, 6.45) is 5.35. The number of amides is 1. The maximum absolute atomic E-state index is 13.4. The van der Waals surface area contributed by atoms with Gasteiger partial charge in [0.25, 0.3) is 0 Å². The molecule has 184 valence electrons. The molecule has 2 aromatic carbocycles. The van der Waals surface area contributed by atoms with Crippen LogP contribution in [0.1, 0.15) is 42.0 Å². The Labute approximate surface area is 211 Å². The van der Waals surface area contributed by atoms with Crippen LogP contribution in [0.15, 0.2) is 36.4 Å². The van der Waals surface area contributed by atoms with Crippen molar-refractivity contribution in [3.05, 3.63) is 63.1 Å². The van der Waals surface area contributed by atoms with E-state index in [1.54, 1.807) is 12.1 Å². The summed E-state index contributed by atoms with van der Waals surface area (Å²) in [7, 11) is -1.55. The predicted molar refractivity (Wildman–Crippen MR) is 137 cm³/mol. The van der Waals surface area contributed by atoms with Gasteiger partial charge in [0.2, 0.25) is 15.9 Å². The quantitative estimate of drug-likeness (QED) is 0.534. The lowest BCUT2D eigenvalue weighted by Crippen LogP contribution is -2.49. The van der Waals surface area contributed by atoms with Crippen molar-refractivity contribution in [2.24, 2.45) is 0 Å². The number of carbonyl (C=O) groups is 1. The molecule has 0 aromatic heterocycles. The molecule has 2 aromatic rings. The Morgan fingerprint density at radius 1 is 1.15 bits per heavy atom. The van der Waals surface area contributed by atoms with Crippen LogP contribution in [0.3, 0.4) is 0 Å². The molecular weight excluding hydrogens is 495 g/mol. The van der Waals surface area contributed by atoms with E-state index in [0.29, 0.717) is 10.0 Å². The van der Waals surface area contributed by atoms with E-state index >= 15 is 0 Å². The number of nitrogens with zero attached hydrogens (tertiary/aromatic N) is 2. The Morgan fingerprint density at radius 3 is 2.56 bits per heavy atom. The molecule has 10 heteroatoms. The van der Waals surface area contributed by atoms with Crippen molar-refractivity contribution < 1.29 is 13.2 Å². The highest BCUT2D eigenvalue weighted by molar-refractivity contribution is 7.88. The molecule has 1 saturated heterocycles. The van der Waals surface area contributed by atoms with E-state index < -0.39 is 10.0 Å². The average molecular weight is 526 g/mol. The van der Waals surface area contributed by atoms with Crippen molar-refractivity contribution in [1.82, 2.24) is 14.6 Å². The van der Waals surface area contributed by atoms with Gasteiger partial charge in [-0.25, -0.2) is 8.42 Å². The number of fused-ring (bicyclic) bond motifs is 1. The molecular formula is C24H30Cl2N4O3S. The van der Waals surface area contributed by atoms with Gasteiger partial charge in [-0.3, -0.25) is 9.69 Å². The summed E-state index contributed by atoms with van der Waals surface area (Å²) in [5, 5.41) is 0.894. The van der Waals surface area contributed by atoms with Gasteiger partial charge in [0.15, 0.2) is 0 Å². The second-order valence-corrected chi connectivity index (χ2v) is 11.7. The van der Waals surface area contributed by atoms with Gasteiger partial charge in [-0.2, -0.15) is 0 Å². The molecule has 2 unspecified atom stereocenters. The van der Waals surface area contributed by atoms with Crippen molar-refractivity contribution in [2.75, 3.05) is 31.8 Å². The lowest BCUT2D eigenvalue weighted by atomic mass is 9.81. The van der Waals surface area contributed by atoms with Gasteiger partial charge in [0.1, 0.15) is 0 Å². The molecule has 2 N–H and O–H groups in total. The minimum absolute atomic E-state index is 0.00643. The first-order valence-corrected chi connectivity index (χ1v) is 14.1. The summed E-state index contributed by atoms with van der Waals surface area (Å²) >= 11 is 12.2. The molecule has 2 atom stereocenters. The Bertz CT molecular complexity index is 1170. The summed E-state index contributed by atoms with van der Waals surface area (Å²) in [6.45, 7) is 2.05. The summed E-state index contributed by atoms with van der Waals surface area (Å²) in [5.74, 6) is -0.00643. The van der Waals surface area contributed by atoms with E-state index in [0.717, 1.165) is 67.4 Å². The molecule has 0 spiro atoms. The van der Waals surface area contributed by atoms with Gasteiger partial charge in [-0.1, -0.05) is 41.4 Å². The number of rotatable bonds is 7. The molecule has 1 aliphatic heterocycles. The van der Waals surface area contributed by atoms with E-state index in [1.807, 2.05) is 30.1 Å². The van der Waals surface area contributed by atoms with E-state index in [-0.39, 0.29) is 24.4 Å². The van der Waals surface area contributed by atoms with Crippen LogP contribution in [0.2, 0.25) is 10.0 Å². The number of sulfonamides is 1. The molecule has 1 heterocycles. The Kier molecular flexibility index (Phi) is 7.74. The van der Waals surface area contributed by atoms with Gasteiger partial charge in [0.05, 0.1) is 34.5 Å². The first kappa shape index (κ1) is 25.3. The molecule has 1 amide bonds. The number of nitrogens with one attached hydrogen (secondary N) is 2. The molecule has 34 heavy (non-hydrogen) atoms. The average Bonchev–Trinajstić information content (AvgIpc) is 3.33. The van der Waals surface area contributed by atoms with Crippen LogP contribution in [0, 0.1) is 0 Å². The van der Waals surface area contributed by atoms with Gasteiger partial charge in [-0.05, 0) is 73.7 Å². The first-order chi connectivity index (χ1) is 16.1. The normalized spacial score (nSPS) is 20.7. The second-order valence-electron chi connectivity index (χ2n) is 9.10. The monoisotopic (exact) mass is 524 g/mol. The number of benzene rings is 2. The predicted octanol–water partition coefficient (Wildman–Crippen LogP) is 4.02. The highest BCUT2D eigenvalue weighted by Crippen LogP contribution is 2.40. The standard InChI is InChI=1S/C24H30Cl2N4O3S/c1-29(23(31)15-16-8-10-19(25)20(26)14-16)24-18-6-5-7-21(27-28-34(2,32)33)17(18)9-11-22(24)30-12-3-4-13-30/h5-8,10,14,22,24,27-28H,3-4,9,11-13,15H2,1-2H3. The number of anilines is 1. The fraction of sp³-hybridized carbons (Fsp3) is 0.458. The number of hydrazine groups is 1. The largest absolute Gasteiger partial charge is 0.337 e. The maximum atomic E-state index is 13.4. The van der Waals surface area contributed by atoms with Crippen molar-refractivity contribution in [1.29, 1.82) is 0 Å². The molecule has 1 fully saturated rings. The van der Waals surface area contributed by atoms with Gasteiger partial charge < -0.3 is 10.3 Å². The molecule has 4 rings (SSSR count). The first-order valence-electron chi connectivity index (χ1n) is 11.4. The third kappa shape index (κ3) is 5.69. The van der Waals surface area contributed by atoms with Crippen molar-refractivity contribution in [3.63, 3.8) is 0 Å². The SMILES string of the molecule is CN(C(=O)Cc1ccc(Cl)c(Cl)c1)C1c2cccc(NNS(C)(=O)=O)c2CCC1N1CCCC1. The van der Waals surface area contributed by atoms with Crippen LogP contribution in [-0.2, 0) is 27.7 Å². The van der Waals surface area contributed by atoms with E-state index in [1.165, 1.54) is 0 Å². The molecule has 2 aliphatic rings. The zero-order valence-electron chi connectivity index (χ0n) is 19.4. The zero-order valence-corrected chi connectivity index (χ0v) is 21.7. The van der Waals surface area contributed by atoms with E-state index in [4.69, 9.17) is 23.2 Å². The smallest absolute Gasteiger partial charge is 0.227 e. The lowest BCUT2D eigenvalue weighted by molar-refractivity contribution is -0.133. The number of halogens is 2. The Hall–Kier alpha value is -1.84. The third-order valence-corrected chi connectivity index (χ3v) is 7.93. The minimum Gasteiger partial charge on any atom is -0.337 e. The van der Waals surface area contributed by atoms with E-state index in [2.05, 4.69) is 21.2 Å². The minimum atomic E-state index is -3.41. The Balaban J connectivity index is 1.65. The van der Waals surface area contributed by atoms with Crippen LogP contribution in [0.4, 0.5) is 5.69 Å². The van der Waals surface area contributed by atoms with Gasteiger partial charge in [0, 0.05) is 13.1 Å². The third-order valence-electron chi connectivity index (χ3n) is 6.72. The van der Waals surface area contributed by atoms with Crippen LogP contribution in [0.25, 0.3) is 0 Å².